The smallest absolute Gasteiger partial charge is 0.137 e. The Kier molecular flexibility index (Phi) is 4.14. The summed E-state index contributed by atoms with van der Waals surface area (Å²) in [4.78, 5) is 0. The summed E-state index contributed by atoms with van der Waals surface area (Å²) in [7, 11) is 0. The van der Waals surface area contributed by atoms with Gasteiger partial charge in [-0.3, -0.25) is 0 Å². The summed E-state index contributed by atoms with van der Waals surface area (Å²) in [6, 6.07) is 13.4. The first-order valence-corrected chi connectivity index (χ1v) is 8.08. The van der Waals surface area contributed by atoms with Crippen LogP contribution in [0.15, 0.2) is 46.9 Å². The van der Waals surface area contributed by atoms with Gasteiger partial charge in [-0.15, -0.1) is 0 Å². The minimum absolute atomic E-state index is 0.0902. The normalized spacial score (nSPS) is 21.1. The van der Waals surface area contributed by atoms with Crippen molar-refractivity contribution in [3.05, 3.63) is 69.4 Å². The fourth-order valence-corrected chi connectivity index (χ4v) is 3.87. The highest BCUT2D eigenvalue weighted by Crippen LogP contribution is 2.41. The summed E-state index contributed by atoms with van der Waals surface area (Å²) in [5, 5.41) is 10.1. The molecule has 2 aromatic rings. The SMILES string of the molecule is OCC1(Cc2cccc(F)c2Br)CCCc2ccccc21. The molecule has 0 heterocycles. The van der Waals surface area contributed by atoms with E-state index < -0.39 is 0 Å². The summed E-state index contributed by atoms with van der Waals surface area (Å²) in [5.74, 6) is -0.246. The maximum absolute atomic E-state index is 13.7. The molecule has 1 N–H and O–H groups in total. The predicted molar refractivity (Wildman–Crippen MR) is 85.9 cm³/mol. The van der Waals surface area contributed by atoms with Gasteiger partial charge in [-0.1, -0.05) is 36.4 Å². The van der Waals surface area contributed by atoms with Crippen molar-refractivity contribution in [1.82, 2.24) is 0 Å². The Morgan fingerprint density at radius 1 is 1.14 bits per heavy atom. The Labute approximate surface area is 132 Å². The van der Waals surface area contributed by atoms with Gasteiger partial charge in [0.1, 0.15) is 5.82 Å². The number of rotatable bonds is 3. The lowest BCUT2D eigenvalue weighted by atomic mass is 9.67. The first-order chi connectivity index (χ1) is 10.2. The van der Waals surface area contributed by atoms with Crippen LogP contribution >= 0.6 is 15.9 Å². The van der Waals surface area contributed by atoms with Crippen molar-refractivity contribution in [3.63, 3.8) is 0 Å². The van der Waals surface area contributed by atoms with Crippen LogP contribution in [0, 0.1) is 5.82 Å². The van der Waals surface area contributed by atoms with Crippen LogP contribution in [0.2, 0.25) is 0 Å². The third-order valence-electron chi connectivity index (χ3n) is 4.55. The third kappa shape index (κ3) is 2.65. The summed E-state index contributed by atoms with van der Waals surface area (Å²) in [5.41, 5.74) is 3.14. The van der Waals surface area contributed by atoms with Crippen LogP contribution in [-0.4, -0.2) is 11.7 Å². The van der Waals surface area contributed by atoms with Crippen molar-refractivity contribution in [2.45, 2.75) is 31.1 Å². The quantitative estimate of drug-likeness (QED) is 0.871. The number of hydrogen-bond donors (Lipinski definition) is 1. The van der Waals surface area contributed by atoms with Gasteiger partial charge in [-0.25, -0.2) is 4.39 Å². The molecule has 0 amide bonds. The van der Waals surface area contributed by atoms with Gasteiger partial charge in [0.2, 0.25) is 0 Å². The zero-order chi connectivity index (χ0) is 14.9. The first kappa shape index (κ1) is 14.7. The molecule has 21 heavy (non-hydrogen) atoms. The molecule has 0 spiro atoms. The number of aliphatic hydroxyl groups is 1. The number of hydrogen-bond acceptors (Lipinski definition) is 1. The number of benzene rings is 2. The lowest BCUT2D eigenvalue weighted by Crippen LogP contribution is -2.37. The van der Waals surface area contributed by atoms with Gasteiger partial charge < -0.3 is 5.11 Å². The zero-order valence-electron chi connectivity index (χ0n) is 11.8. The van der Waals surface area contributed by atoms with E-state index in [1.54, 1.807) is 6.07 Å². The Morgan fingerprint density at radius 3 is 2.76 bits per heavy atom. The largest absolute Gasteiger partial charge is 0.395 e. The molecule has 0 aromatic heterocycles. The molecule has 1 nitrogen and oxygen atoms in total. The molecule has 1 atom stereocenters. The van der Waals surface area contributed by atoms with Crippen LogP contribution in [0.1, 0.15) is 29.5 Å². The maximum Gasteiger partial charge on any atom is 0.137 e. The highest BCUT2D eigenvalue weighted by molar-refractivity contribution is 9.10. The molecule has 0 bridgehead atoms. The number of aliphatic hydroxyl groups excluding tert-OH is 1. The van der Waals surface area contributed by atoms with Crippen molar-refractivity contribution in [1.29, 1.82) is 0 Å². The average molecular weight is 349 g/mol. The molecule has 0 saturated heterocycles. The van der Waals surface area contributed by atoms with Gasteiger partial charge in [0.05, 0.1) is 11.1 Å². The maximum atomic E-state index is 13.7. The van der Waals surface area contributed by atoms with Crippen molar-refractivity contribution in [2.75, 3.05) is 6.61 Å². The first-order valence-electron chi connectivity index (χ1n) is 7.28. The molecular formula is C18H18BrFO. The molecule has 3 rings (SSSR count). The van der Waals surface area contributed by atoms with Crippen molar-refractivity contribution in [3.8, 4) is 0 Å². The van der Waals surface area contributed by atoms with E-state index >= 15 is 0 Å². The summed E-state index contributed by atoms with van der Waals surface area (Å²) in [6.45, 7) is 0.0902. The van der Waals surface area contributed by atoms with Gasteiger partial charge in [0, 0.05) is 5.41 Å². The van der Waals surface area contributed by atoms with Crippen molar-refractivity contribution >= 4 is 15.9 Å². The molecule has 1 aliphatic rings. The van der Waals surface area contributed by atoms with Gasteiger partial charge >= 0.3 is 0 Å². The van der Waals surface area contributed by atoms with Crippen molar-refractivity contribution < 1.29 is 9.50 Å². The highest BCUT2D eigenvalue weighted by atomic mass is 79.9. The monoisotopic (exact) mass is 348 g/mol. The van der Waals surface area contributed by atoms with E-state index in [2.05, 4.69) is 28.1 Å². The molecule has 0 fully saturated rings. The van der Waals surface area contributed by atoms with E-state index in [4.69, 9.17) is 0 Å². The average Bonchev–Trinajstić information content (AvgIpc) is 2.52. The van der Waals surface area contributed by atoms with E-state index in [-0.39, 0.29) is 17.8 Å². The molecule has 0 saturated carbocycles. The molecule has 0 aliphatic heterocycles. The Hall–Kier alpha value is -1.19. The molecule has 0 radical (unpaired) electrons. The second kappa shape index (κ2) is 5.90. The van der Waals surface area contributed by atoms with E-state index in [9.17, 15) is 9.50 Å². The highest BCUT2D eigenvalue weighted by Gasteiger charge is 2.36. The minimum Gasteiger partial charge on any atom is -0.395 e. The lowest BCUT2D eigenvalue weighted by Gasteiger charge is -2.38. The summed E-state index contributed by atoms with van der Waals surface area (Å²) < 4.78 is 14.3. The predicted octanol–water partition coefficient (Wildman–Crippen LogP) is 4.40. The Bertz CT molecular complexity index is 655. The number of halogens is 2. The molecule has 3 heteroatoms. The minimum atomic E-state index is -0.300. The van der Waals surface area contributed by atoms with E-state index in [0.717, 1.165) is 24.8 Å². The van der Waals surface area contributed by atoms with Gasteiger partial charge in [-0.2, -0.15) is 0 Å². The third-order valence-corrected chi connectivity index (χ3v) is 5.44. The zero-order valence-corrected chi connectivity index (χ0v) is 13.4. The Balaban J connectivity index is 2.04. The molecule has 110 valence electrons. The standard InChI is InChI=1S/C18H18BrFO/c19-17-14(6-3-9-16(17)20)11-18(12-21)10-4-7-13-5-1-2-8-15(13)18/h1-3,5-6,8-9,21H,4,7,10-12H2. The molecule has 2 aromatic carbocycles. The lowest BCUT2D eigenvalue weighted by molar-refractivity contribution is 0.173. The molecular weight excluding hydrogens is 331 g/mol. The Morgan fingerprint density at radius 2 is 1.95 bits per heavy atom. The molecule has 1 aliphatic carbocycles. The van der Waals surface area contributed by atoms with Gasteiger partial charge in [0.15, 0.2) is 0 Å². The van der Waals surface area contributed by atoms with E-state index in [1.807, 2.05) is 18.2 Å². The van der Waals surface area contributed by atoms with Crippen LogP contribution in [0.3, 0.4) is 0 Å². The fourth-order valence-electron chi connectivity index (χ4n) is 3.46. The number of fused-ring (bicyclic) bond motifs is 1. The molecule has 1 unspecified atom stereocenters. The number of aryl methyl sites for hydroxylation is 1. The summed E-state index contributed by atoms with van der Waals surface area (Å²) in [6.07, 6.45) is 3.70. The van der Waals surface area contributed by atoms with E-state index in [1.165, 1.54) is 17.2 Å². The van der Waals surface area contributed by atoms with E-state index in [0.29, 0.717) is 10.9 Å². The van der Waals surface area contributed by atoms with Crippen LogP contribution < -0.4 is 0 Å². The fraction of sp³-hybridized carbons (Fsp3) is 0.333. The summed E-state index contributed by atoms with van der Waals surface area (Å²) >= 11 is 3.34. The van der Waals surface area contributed by atoms with Crippen LogP contribution in [0.5, 0.6) is 0 Å². The topological polar surface area (TPSA) is 20.2 Å². The van der Waals surface area contributed by atoms with Crippen LogP contribution in [-0.2, 0) is 18.3 Å². The second-order valence-corrected chi connectivity index (χ2v) is 6.63. The van der Waals surface area contributed by atoms with Crippen LogP contribution in [0.25, 0.3) is 0 Å². The van der Waals surface area contributed by atoms with Crippen molar-refractivity contribution in [2.24, 2.45) is 0 Å². The second-order valence-electron chi connectivity index (χ2n) is 5.84. The van der Waals surface area contributed by atoms with Gasteiger partial charge in [0.25, 0.3) is 0 Å². The van der Waals surface area contributed by atoms with Crippen LogP contribution in [0.4, 0.5) is 4.39 Å². The van der Waals surface area contributed by atoms with Gasteiger partial charge in [-0.05, 0) is 64.4 Å².